The molecule has 0 unspecified atom stereocenters. The summed E-state index contributed by atoms with van der Waals surface area (Å²) in [5.41, 5.74) is 8.30. The minimum absolute atomic E-state index is 0.273. The van der Waals surface area contributed by atoms with E-state index >= 15 is 0 Å². The molecule has 0 radical (unpaired) electrons. The van der Waals surface area contributed by atoms with E-state index in [0.717, 1.165) is 17.9 Å². The van der Waals surface area contributed by atoms with Crippen molar-refractivity contribution in [3.63, 3.8) is 0 Å². The van der Waals surface area contributed by atoms with Crippen LogP contribution in [-0.2, 0) is 6.42 Å². The molecule has 0 aromatic heterocycles. The molecule has 0 bridgehead atoms. The summed E-state index contributed by atoms with van der Waals surface area (Å²) in [7, 11) is 0. The summed E-state index contributed by atoms with van der Waals surface area (Å²) in [4.78, 5) is 0. The highest BCUT2D eigenvalue weighted by molar-refractivity contribution is 6.30. The summed E-state index contributed by atoms with van der Waals surface area (Å²) in [5.74, 6) is 0. The van der Waals surface area contributed by atoms with Gasteiger partial charge >= 0.3 is 0 Å². The van der Waals surface area contributed by atoms with Crippen LogP contribution in [0.5, 0.6) is 0 Å². The predicted molar refractivity (Wildman–Crippen MR) is 58.2 cm³/mol. The highest BCUT2D eigenvalue weighted by atomic mass is 35.5. The average molecular weight is 198 g/mol. The van der Waals surface area contributed by atoms with Gasteiger partial charge in [-0.25, -0.2) is 0 Å². The second-order valence-corrected chi connectivity index (χ2v) is 4.02. The van der Waals surface area contributed by atoms with E-state index in [4.69, 9.17) is 17.3 Å². The van der Waals surface area contributed by atoms with Crippen LogP contribution >= 0.6 is 11.6 Å². The molecule has 0 saturated heterocycles. The summed E-state index contributed by atoms with van der Waals surface area (Å²) in [6.07, 6.45) is 2.07. The van der Waals surface area contributed by atoms with Gasteiger partial charge in [-0.05, 0) is 49.9 Å². The van der Waals surface area contributed by atoms with E-state index in [9.17, 15) is 0 Å². The van der Waals surface area contributed by atoms with E-state index in [1.54, 1.807) is 0 Å². The molecule has 2 N–H and O–H groups in total. The van der Waals surface area contributed by atoms with Gasteiger partial charge in [0, 0.05) is 11.1 Å². The van der Waals surface area contributed by atoms with Crippen LogP contribution in [0.3, 0.4) is 0 Å². The number of nitrogens with two attached hydrogens (primary N) is 1. The summed E-state index contributed by atoms with van der Waals surface area (Å²) in [6.45, 7) is 4.12. The minimum atomic E-state index is 0.273. The first-order valence-electron chi connectivity index (χ1n) is 4.60. The number of aryl methyl sites for hydroxylation is 2. The number of benzene rings is 1. The molecule has 1 aromatic rings. The predicted octanol–water partition coefficient (Wildman–Crippen LogP) is 2.93. The Kier molecular flexibility index (Phi) is 3.76. The average Bonchev–Trinajstić information content (AvgIpc) is 2.02. The van der Waals surface area contributed by atoms with E-state index < -0.39 is 0 Å². The zero-order chi connectivity index (χ0) is 9.84. The Hall–Kier alpha value is -0.530. The van der Waals surface area contributed by atoms with Crippen LogP contribution in [0.2, 0.25) is 5.02 Å². The molecule has 1 atom stereocenters. The molecular weight excluding hydrogens is 182 g/mol. The maximum atomic E-state index is 5.85. The Bertz CT molecular complexity index is 281. The molecule has 1 rings (SSSR count). The smallest absolute Gasteiger partial charge is 0.0408 e. The van der Waals surface area contributed by atoms with Crippen molar-refractivity contribution in [3.05, 3.63) is 34.3 Å². The van der Waals surface area contributed by atoms with Crippen molar-refractivity contribution < 1.29 is 0 Å². The van der Waals surface area contributed by atoms with Gasteiger partial charge in [0.1, 0.15) is 0 Å². The van der Waals surface area contributed by atoms with Crippen molar-refractivity contribution in [2.75, 3.05) is 0 Å². The number of rotatable bonds is 3. The number of hydrogen-bond acceptors (Lipinski definition) is 1. The molecule has 13 heavy (non-hydrogen) atoms. The number of hydrogen-bond donors (Lipinski definition) is 1. The van der Waals surface area contributed by atoms with E-state index in [0.29, 0.717) is 0 Å². The molecule has 1 aromatic carbocycles. The monoisotopic (exact) mass is 197 g/mol. The van der Waals surface area contributed by atoms with Gasteiger partial charge < -0.3 is 5.73 Å². The Morgan fingerprint density at radius 2 is 2.15 bits per heavy atom. The highest BCUT2D eigenvalue weighted by Gasteiger charge is 2.00. The lowest BCUT2D eigenvalue weighted by atomic mass is 10.0. The second-order valence-electron chi connectivity index (χ2n) is 3.59. The lowest BCUT2D eigenvalue weighted by molar-refractivity contribution is 0.664. The van der Waals surface area contributed by atoms with Crippen LogP contribution in [0.15, 0.2) is 18.2 Å². The van der Waals surface area contributed by atoms with Crippen molar-refractivity contribution in [2.24, 2.45) is 5.73 Å². The maximum absolute atomic E-state index is 5.85. The quantitative estimate of drug-likeness (QED) is 0.793. The summed E-state index contributed by atoms with van der Waals surface area (Å²) in [6, 6.07) is 6.29. The SMILES string of the molecule is Cc1cc(Cl)ccc1CC[C@H](C)N. The van der Waals surface area contributed by atoms with Crippen LogP contribution in [0.4, 0.5) is 0 Å². The standard InChI is InChI=1S/C11H16ClN/c1-8-7-11(12)6-5-10(8)4-3-9(2)13/h5-7,9H,3-4,13H2,1-2H3/t9-/m0/s1. The van der Waals surface area contributed by atoms with Crippen molar-refractivity contribution >= 4 is 11.6 Å². The van der Waals surface area contributed by atoms with Crippen LogP contribution in [0.1, 0.15) is 24.5 Å². The molecule has 0 fully saturated rings. The zero-order valence-corrected chi connectivity index (χ0v) is 8.93. The fourth-order valence-corrected chi connectivity index (χ4v) is 1.55. The lowest BCUT2D eigenvalue weighted by Gasteiger charge is -2.07. The van der Waals surface area contributed by atoms with Crippen LogP contribution in [0.25, 0.3) is 0 Å². The van der Waals surface area contributed by atoms with E-state index in [1.807, 2.05) is 19.1 Å². The van der Waals surface area contributed by atoms with E-state index in [2.05, 4.69) is 13.0 Å². The Labute approximate surface area is 84.9 Å². The second kappa shape index (κ2) is 4.64. The molecule has 0 heterocycles. The Balaban J connectivity index is 2.67. The molecule has 0 aliphatic heterocycles. The molecule has 0 aliphatic carbocycles. The van der Waals surface area contributed by atoms with Gasteiger partial charge in [-0.15, -0.1) is 0 Å². The molecule has 0 aliphatic rings. The molecule has 1 nitrogen and oxygen atoms in total. The Morgan fingerprint density at radius 3 is 2.69 bits per heavy atom. The molecule has 0 spiro atoms. The fraction of sp³-hybridized carbons (Fsp3) is 0.455. The molecule has 0 saturated carbocycles. The fourth-order valence-electron chi connectivity index (χ4n) is 1.32. The normalized spacial score (nSPS) is 12.9. The van der Waals surface area contributed by atoms with Gasteiger partial charge in [0.05, 0.1) is 0 Å². The third kappa shape index (κ3) is 3.37. The third-order valence-electron chi connectivity index (χ3n) is 2.17. The van der Waals surface area contributed by atoms with Gasteiger partial charge in [0.25, 0.3) is 0 Å². The highest BCUT2D eigenvalue weighted by Crippen LogP contribution is 2.16. The van der Waals surface area contributed by atoms with Crippen molar-refractivity contribution in [1.82, 2.24) is 0 Å². The molecule has 72 valence electrons. The van der Waals surface area contributed by atoms with Crippen LogP contribution < -0.4 is 5.73 Å². The first kappa shape index (κ1) is 10.6. The zero-order valence-electron chi connectivity index (χ0n) is 8.18. The minimum Gasteiger partial charge on any atom is -0.328 e. The van der Waals surface area contributed by atoms with Gasteiger partial charge in [-0.1, -0.05) is 17.7 Å². The number of halogens is 1. The van der Waals surface area contributed by atoms with E-state index in [1.165, 1.54) is 11.1 Å². The topological polar surface area (TPSA) is 26.0 Å². The van der Waals surface area contributed by atoms with Crippen LogP contribution in [0, 0.1) is 6.92 Å². The maximum Gasteiger partial charge on any atom is 0.0408 e. The van der Waals surface area contributed by atoms with Gasteiger partial charge in [-0.3, -0.25) is 0 Å². The summed E-state index contributed by atoms with van der Waals surface area (Å²) in [5, 5.41) is 0.807. The lowest BCUT2D eigenvalue weighted by Crippen LogP contribution is -2.15. The third-order valence-corrected chi connectivity index (χ3v) is 2.41. The van der Waals surface area contributed by atoms with Crippen molar-refractivity contribution in [2.45, 2.75) is 32.7 Å². The molecule has 2 heteroatoms. The summed E-state index contributed by atoms with van der Waals surface area (Å²) < 4.78 is 0. The summed E-state index contributed by atoms with van der Waals surface area (Å²) >= 11 is 5.85. The van der Waals surface area contributed by atoms with Crippen molar-refractivity contribution in [1.29, 1.82) is 0 Å². The Morgan fingerprint density at radius 1 is 1.46 bits per heavy atom. The van der Waals surface area contributed by atoms with Crippen molar-refractivity contribution in [3.8, 4) is 0 Å². The van der Waals surface area contributed by atoms with E-state index in [-0.39, 0.29) is 6.04 Å². The van der Waals surface area contributed by atoms with Gasteiger partial charge in [-0.2, -0.15) is 0 Å². The first-order valence-corrected chi connectivity index (χ1v) is 4.98. The van der Waals surface area contributed by atoms with Gasteiger partial charge in [0.2, 0.25) is 0 Å². The van der Waals surface area contributed by atoms with Crippen LogP contribution in [-0.4, -0.2) is 6.04 Å². The molecular formula is C11H16ClN. The van der Waals surface area contributed by atoms with Gasteiger partial charge in [0.15, 0.2) is 0 Å². The largest absolute Gasteiger partial charge is 0.328 e. The molecule has 0 amide bonds. The first-order chi connectivity index (χ1) is 6.09.